The number of Topliss-reactive ketones (excluding diaryl/α,β-unsaturated/α-hetero) is 1. The maximum Gasteiger partial charge on any atom is 0.261 e. The van der Waals surface area contributed by atoms with Crippen LogP contribution in [0.5, 0.6) is 0 Å². The number of rotatable bonds is 6. The molecule has 3 heteroatoms. The third-order valence-electron chi connectivity index (χ3n) is 5.06. The second-order valence-electron chi connectivity index (χ2n) is 9.50. The lowest BCUT2D eigenvalue weighted by Gasteiger charge is -2.43. The molecule has 0 aliphatic heterocycles. The van der Waals surface area contributed by atoms with Crippen molar-refractivity contribution in [3.63, 3.8) is 0 Å². The molecule has 0 aliphatic rings. The standard InChI is InChI=1S/C26H34O2Si/c1-25(2,3)24(27)20-14-9-15-21-28-29(26(4,5)6,22-16-10-7-11-17-22)23-18-12-8-13-19-23/h7-8,10-13,16-19H,9,15,21H2,1-6H3. The van der Waals surface area contributed by atoms with Crippen molar-refractivity contribution in [2.75, 3.05) is 6.61 Å². The Hall–Kier alpha value is -2.15. The first-order valence-electron chi connectivity index (χ1n) is 10.4. The largest absolute Gasteiger partial charge is 0.407 e. The molecule has 0 fully saturated rings. The molecule has 154 valence electrons. The summed E-state index contributed by atoms with van der Waals surface area (Å²) < 4.78 is 6.83. The highest BCUT2D eigenvalue weighted by molar-refractivity contribution is 6.99. The van der Waals surface area contributed by atoms with Crippen LogP contribution < -0.4 is 10.4 Å². The molecule has 0 atom stereocenters. The van der Waals surface area contributed by atoms with E-state index in [9.17, 15) is 4.79 Å². The highest BCUT2D eigenvalue weighted by Gasteiger charge is 2.49. The predicted molar refractivity (Wildman–Crippen MR) is 125 cm³/mol. The first-order valence-corrected chi connectivity index (χ1v) is 12.3. The van der Waals surface area contributed by atoms with Crippen molar-refractivity contribution in [2.24, 2.45) is 5.41 Å². The van der Waals surface area contributed by atoms with Crippen LogP contribution in [0.4, 0.5) is 0 Å². The van der Waals surface area contributed by atoms with Gasteiger partial charge in [0.2, 0.25) is 5.78 Å². The van der Waals surface area contributed by atoms with Gasteiger partial charge in [-0.15, -0.1) is 0 Å². The third-order valence-corrected chi connectivity index (χ3v) is 10.1. The van der Waals surface area contributed by atoms with E-state index in [1.807, 2.05) is 20.8 Å². The fourth-order valence-corrected chi connectivity index (χ4v) is 8.08. The van der Waals surface area contributed by atoms with Gasteiger partial charge in [0.15, 0.2) is 0 Å². The normalized spacial score (nSPS) is 12.2. The Kier molecular flexibility index (Phi) is 7.63. The number of unbranched alkanes of at least 4 members (excludes halogenated alkanes) is 1. The molecule has 0 saturated carbocycles. The summed E-state index contributed by atoms with van der Waals surface area (Å²) in [5.41, 5.74) is -0.404. The van der Waals surface area contributed by atoms with E-state index in [2.05, 4.69) is 93.3 Å². The first-order chi connectivity index (χ1) is 13.6. The second kappa shape index (κ2) is 9.56. The summed E-state index contributed by atoms with van der Waals surface area (Å²) >= 11 is 0. The molecule has 0 amide bonds. The molecule has 0 radical (unpaired) electrons. The van der Waals surface area contributed by atoms with Crippen molar-refractivity contribution in [1.29, 1.82) is 0 Å². The van der Waals surface area contributed by atoms with Crippen LogP contribution in [0.2, 0.25) is 5.04 Å². The number of carbonyl (C=O) groups excluding carboxylic acids is 1. The van der Waals surface area contributed by atoms with Crippen LogP contribution in [-0.2, 0) is 9.22 Å². The van der Waals surface area contributed by atoms with Crippen molar-refractivity contribution in [1.82, 2.24) is 0 Å². The van der Waals surface area contributed by atoms with Crippen molar-refractivity contribution in [3.05, 3.63) is 60.7 Å². The van der Waals surface area contributed by atoms with Gasteiger partial charge in [-0.3, -0.25) is 4.79 Å². The summed E-state index contributed by atoms with van der Waals surface area (Å²) in [6, 6.07) is 21.3. The fraction of sp³-hybridized carbons (Fsp3) is 0.423. The molecular formula is C26H34O2Si. The Labute approximate surface area is 177 Å². The van der Waals surface area contributed by atoms with E-state index >= 15 is 0 Å². The van der Waals surface area contributed by atoms with Crippen molar-refractivity contribution in [3.8, 4) is 11.8 Å². The van der Waals surface area contributed by atoms with E-state index in [1.165, 1.54) is 10.4 Å². The minimum absolute atomic E-state index is 0.00889. The molecule has 2 rings (SSSR count). The van der Waals surface area contributed by atoms with Gasteiger partial charge in [0.25, 0.3) is 8.32 Å². The van der Waals surface area contributed by atoms with E-state index in [-0.39, 0.29) is 10.8 Å². The zero-order valence-corrected chi connectivity index (χ0v) is 19.7. The summed E-state index contributed by atoms with van der Waals surface area (Å²) in [6.45, 7) is 13.2. The lowest BCUT2D eigenvalue weighted by molar-refractivity contribution is -0.120. The van der Waals surface area contributed by atoms with Gasteiger partial charge in [-0.2, -0.15) is 0 Å². The van der Waals surface area contributed by atoms with Gasteiger partial charge in [-0.1, -0.05) is 108 Å². The maximum absolute atomic E-state index is 12.0. The summed E-state index contributed by atoms with van der Waals surface area (Å²) in [5.74, 6) is 5.80. The van der Waals surface area contributed by atoms with Crippen LogP contribution in [-0.4, -0.2) is 20.7 Å². The minimum Gasteiger partial charge on any atom is -0.407 e. The Morgan fingerprint density at radius 2 is 1.34 bits per heavy atom. The van der Waals surface area contributed by atoms with E-state index in [4.69, 9.17) is 4.43 Å². The van der Waals surface area contributed by atoms with E-state index in [1.54, 1.807) is 0 Å². The van der Waals surface area contributed by atoms with Crippen LogP contribution >= 0.6 is 0 Å². The van der Waals surface area contributed by atoms with Gasteiger partial charge < -0.3 is 4.43 Å². The highest BCUT2D eigenvalue weighted by atomic mass is 28.4. The maximum atomic E-state index is 12.0. The van der Waals surface area contributed by atoms with Gasteiger partial charge in [-0.25, -0.2) is 0 Å². The molecule has 0 aliphatic carbocycles. The molecule has 0 unspecified atom stereocenters. The fourth-order valence-electron chi connectivity index (χ4n) is 3.48. The van der Waals surface area contributed by atoms with Crippen LogP contribution in [0.25, 0.3) is 0 Å². The SMILES string of the molecule is CC(C)(C)C(=O)C#CCCCO[Si](c1ccccc1)(c1ccccc1)C(C)(C)C. The molecule has 2 aromatic carbocycles. The van der Waals surface area contributed by atoms with E-state index < -0.39 is 13.7 Å². The summed E-state index contributed by atoms with van der Waals surface area (Å²) in [5, 5.41) is 2.55. The first kappa shape index (κ1) is 23.1. The Morgan fingerprint density at radius 1 is 0.862 bits per heavy atom. The summed E-state index contributed by atoms with van der Waals surface area (Å²) in [7, 11) is -2.48. The summed E-state index contributed by atoms with van der Waals surface area (Å²) in [6.07, 6.45) is 1.48. The van der Waals surface area contributed by atoms with Gasteiger partial charge >= 0.3 is 0 Å². The molecule has 2 nitrogen and oxygen atoms in total. The minimum atomic E-state index is -2.48. The van der Waals surface area contributed by atoms with E-state index in [0.29, 0.717) is 13.0 Å². The van der Waals surface area contributed by atoms with Gasteiger partial charge in [0, 0.05) is 18.4 Å². The summed E-state index contributed by atoms with van der Waals surface area (Å²) in [4.78, 5) is 12.0. The Balaban J connectivity index is 2.24. The third kappa shape index (κ3) is 5.69. The zero-order chi connectivity index (χ0) is 21.5. The molecular weight excluding hydrogens is 372 g/mol. The molecule has 0 N–H and O–H groups in total. The quantitative estimate of drug-likeness (QED) is 0.293. The van der Waals surface area contributed by atoms with Crippen LogP contribution in [0.3, 0.4) is 0 Å². The average molecular weight is 407 g/mol. The highest BCUT2D eigenvalue weighted by Crippen LogP contribution is 2.36. The Bertz CT molecular complexity index is 807. The number of ketones is 1. The van der Waals surface area contributed by atoms with Crippen molar-refractivity contribution < 1.29 is 9.22 Å². The Morgan fingerprint density at radius 3 is 1.76 bits per heavy atom. The lowest BCUT2D eigenvalue weighted by atomic mass is 9.91. The average Bonchev–Trinajstić information content (AvgIpc) is 2.67. The molecule has 0 saturated heterocycles. The predicted octanol–water partition coefficient (Wildman–Crippen LogP) is 4.96. The monoisotopic (exact) mass is 406 g/mol. The smallest absolute Gasteiger partial charge is 0.261 e. The molecule has 29 heavy (non-hydrogen) atoms. The number of benzene rings is 2. The van der Waals surface area contributed by atoms with Gasteiger partial charge in [0.05, 0.1) is 0 Å². The molecule has 0 bridgehead atoms. The molecule has 0 aromatic heterocycles. The number of hydrogen-bond donors (Lipinski definition) is 0. The van der Waals surface area contributed by atoms with Crippen molar-refractivity contribution in [2.45, 2.75) is 59.4 Å². The molecule has 0 heterocycles. The second-order valence-corrected chi connectivity index (χ2v) is 13.8. The number of hydrogen-bond acceptors (Lipinski definition) is 2. The van der Waals surface area contributed by atoms with Crippen LogP contribution in [0, 0.1) is 17.3 Å². The topological polar surface area (TPSA) is 26.3 Å². The van der Waals surface area contributed by atoms with Gasteiger partial charge in [0.1, 0.15) is 0 Å². The van der Waals surface area contributed by atoms with Gasteiger partial charge in [-0.05, 0) is 27.8 Å². The van der Waals surface area contributed by atoms with Crippen LogP contribution in [0.15, 0.2) is 60.7 Å². The molecule has 0 spiro atoms. The zero-order valence-electron chi connectivity index (χ0n) is 18.7. The van der Waals surface area contributed by atoms with Crippen LogP contribution in [0.1, 0.15) is 54.4 Å². The number of carbonyl (C=O) groups is 1. The molecule has 2 aromatic rings. The van der Waals surface area contributed by atoms with Crippen molar-refractivity contribution >= 4 is 24.5 Å². The van der Waals surface area contributed by atoms with E-state index in [0.717, 1.165) is 6.42 Å². The lowest BCUT2D eigenvalue weighted by Crippen LogP contribution is -2.66.